The molecule has 1 aromatic rings. The van der Waals surface area contributed by atoms with E-state index in [2.05, 4.69) is 21.8 Å². The minimum Gasteiger partial charge on any atom is -0.370 e. The Morgan fingerprint density at radius 2 is 1.95 bits per heavy atom. The standard InChI is InChI=1S/C13H16N4O2/c1-9-4-6-16(7-5-9)10-2-3-11(17(18)19)13-12(10)14-8-15-13/h2-3,9H,4-8H2,1H3. The van der Waals surface area contributed by atoms with Crippen LogP contribution in [-0.4, -0.2) is 24.7 Å². The summed E-state index contributed by atoms with van der Waals surface area (Å²) in [6, 6.07) is 3.37. The van der Waals surface area contributed by atoms with Crippen molar-refractivity contribution in [3.05, 3.63) is 33.0 Å². The Hall–Kier alpha value is -1.98. The molecule has 2 heterocycles. The normalized spacial score (nSPS) is 18.7. The molecule has 6 heteroatoms. The summed E-state index contributed by atoms with van der Waals surface area (Å²) in [5.41, 5.74) is 1.05. The third-order valence-corrected chi connectivity index (χ3v) is 3.89. The summed E-state index contributed by atoms with van der Waals surface area (Å²) in [7, 11) is 0. The minimum atomic E-state index is -0.384. The summed E-state index contributed by atoms with van der Waals surface area (Å²) in [4.78, 5) is 21.3. The Morgan fingerprint density at radius 3 is 2.63 bits per heavy atom. The van der Waals surface area contributed by atoms with Crippen molar-refractivity contribution in [1.82, 2.24) is 0 Å². The van der Waals surface area contributed by atoms with Crippen LogP contribution in [0.3, 0.4) is 0 Å². The van der Waals surface area contributed by atoms with Crippen LogP contribution in [0, 0.1) is 16.0 Å². The van der Waals surface area contributed by atoms with Crippen LogP contribution in [0.2, 0.25) is 0 Å². The van der Waals surface area contributed by atoms with Crippen molar-refractivity contribution in [2.24, 2.45) is 15.9 Å². The second kappa shape index (κ2) is 4.60. The molecule has 1 aromatic carbocycles. The maximum atomic E-state index is 11.0. The number of hydrogen-bond acceptors (Lipinski definition) is 5. The first-order chi connectivity index (χ1) is 9.16. The Morgan fingerprint density at radius 1 is 1.26 bits per heavy atom. The largest absolute Gasteiger partial charge is 0.370 e. The van der Waals surface area contributed by atoms with Gasteiger partial charge in [-0.3, -0.25) is 20.1 Å². The fourth-order valence-corrected chi connectivity index (χ4v) is 2.70. The van der Waals surface area contributed by atoms with Gasteiger partial charge >= 0.3 is 0 Å². The molecule has 0 N–H and O–H groups in total. The molecular weight excluding hydrogens is 244 g/mol. The fraction of sp³-hybridized carbons (Fsp3) is 0.538. The Balaban J connectivity index is 2.04. The molecule has 2 aliphatic heterocycles. The van der Waals surface area contributed by atoms with E-state index in [4.69, 9.17) is 0 Å². The van der Waals surface area contributed by atoms with Gasteiger partial charge in [-0.1, -0.05) is 6.92 Å². The van der Waals surface area contributed by atoms with Crippen LogP contribution in [0.1, 0.15) is 19.8 Å². The van der Waals surface area contributed by atoms with Gasteiger partial charge in [0.05, 0.1) is 10.6 Å². The van der Waals surface area contributed by atoms with E-state index < -0.39 is 0 Å². The first-order valence-corrected chi connectivity index (χ1v) is 6.58. The number of nitro benzene ring substituents is 1. The van der Waals surface area contributed by atoms with E-state index in [0.717, 1.165) is 37.5 Å². The molecule has 0 bridgehead atoms. The molecule has 6 nitrogen and oxygen atoms in total. The summed E-state index contributed by atoms with van der Waals surface area (Å²) in [5.74, 6) is 0.754. The predicted octanol–water partition coefficient (Wildman–Crippen LogP) is 1.04. The molecule has 100 valence electrons. The second-order valence-electron chi connectivity index (χ2n) is 5.19. The van der Waals surface area contributed by atoms with Crippen molar-refractivity contribution >= 4 is 11.4 Å². The lowest BCUT2D eigenvalue weighted by Gasteiger charge is -2.31. The maximum Gasteiger partial charge on any atom is 0.296 e. The number of non-ortho nitro benzene ring substituents is 1. The first-order valence-electron chi connectivity index (χ1n) is 6.58. The molecule has 1 fully saturated rings. The highest BCUT2D eigenvalue weighted by Gasteiger charge is 2.22. The van der Waals surface area contributed by atoms with Gasteiger partial charge in [0.15, 0.2) is 5.36 Å². The second-order valence-corrected chi connectivity index (χ2v) is 5.19. The Labute approximate surface area is 110 Å². The summed E-state index contributed by atoms with van der Waals surface area (Å²) in [5, 5.41) is 12.1. The number of rotatable bonds is 2. The average Bonchev–Trinajstić information content (AvgIpc) is 2.87. The van der Waals surface area contributed by atoms with Gasteiger partial charge in [-0.15, -0.1) is 0 Å². The molecule has 0 unspecified atom stereocenters. The van der Waals surface area contributed by atoms with E-state index in [-0.39, 0.29) is 10.6 Å². The number of anilines is 1. The summed E-state index contributed by atoms with van der Waals surface area (Å²) in [6.07, 6.45) is 2.31. The van der Waals surface area contributed by atoms with Gasteiger partial charge in [0.1, 0.15) is 12.0 Å². The van der Waals surface area contributed by atoms with Gasteiger partial charge in [0, 0.05) is 19.2 Å². The number of nitrogens with zero attached hydrogens (tertiary/aromatic N) is 4. The van der Waals surface area contributed by atoms with Crippen LogP contribution in [-0.2, 0) is 0 Å². The van der Waals surface area contributed by atoms with Crippen molar-refractivity contribution in [2.45, 2.75) is 19.8 Å². The van der Waals surface area contributed by atoms with Crippen molar-refractivity contribution in [3.8, 4) is 0 Å². The van der Waals surface area contributed by atoms with Gasteiger partial charge in [-0.2, -0.15) is 0 Å². The zero-order valence-corrected chi connectivity index (χ0v) is 10.9. The van der Waals surface area contributed by atoms with E-state index in [9.17, 15) is 10.1 Å². The first kappa shape index (κ1) is 12.1. The summed E-state index contributed by atoms with van der Waals surface area (Å²) in [6.45, 7) is 4.54. The Bertz CT molecular complexity index is 633. The maximum absolute atomic E-state index is 11.0. The van der Waals surface area contributed by atoms with Crippen molar-refractivity contribution < 1.29 is 4.92 Å². The van der Waals surface area contributed by atoms with Crippen LogP contribution >= 0.6 is 0 Å². The highest BCUT2D eigenvalue weighted by Crippen LogP contribution is 2.21. The number of nitro groups is 1. The third-order valence-electron chi connectivity index (χ3n) is 3.89. The Kier molecular flexibility index (Phi) is 2.93. The van der Waals surface area contributed by atoms with Gasteiger partial charge in [0.25, 0.3) is 5.69 Å². The quantitative estimate of drug-likeness (QED) is 0.589. The number of piperidine rings is 1. The lowest BCUT2D eigenvalue weighted by atomic mass is 9.98. The summed E-state index contributed by atoms with van der Waals surface area (Å²) >= 11 is 0. The SMILES string of the molecule is CC1CCN(c2ccc([N+](=O)[O-])c3c2=NCN=3)CC1. The third kappa shape index (κ3) is 2.07. The molecule has 1 saturated heterocycles. The van der Waals surface area contributed by atoms with Gasteiger partial charge < -0.3 is 4.90 Å². The molecule has 0 radical (unpaired) electrons. The summed E-state index contributed by atoms with van der Waals surface area (Å²) < 4.78 is 0. The lowest BCUT2D eigenvalue weighted by Crippen LogP contribution is -2.39. The van der Waals surface area contributed by atoms with Crippen LogP contribution in [0.5, 0.6) is 0 Å². The molecular formula is C13H16N4O2. The molecule has 2 aliphatic rings. The van der Waals surface area contributed by atoms with E-state index in [0.29, 0.717) is 17.4 Å². The number of hydrogen-bond donors (Lipinski definition) is 0. The topological polar surface area (TPSA) is 71.1 Å². The molecule has 0 saturated carbocycles. The van der Waals surface area contributed by atoms with Crippen molar-refractivity contribution in [3.63, 3.8) is 0 Å². The van der Waals surface area contributed by atoms with E-state index >= 15 is 0 Å². The molecule has 0 amide bonds. The molecule has 0 aromatic heterocycles. The smallest absolute Gasteiger partial charge is 0.296 e. The van der Waals surface area contributed by atoms with E-state index in [1.54, 1.807) is 6.07 Å². The zero-order chi connectivity index (χ0) is 13.4. The fourth-order valence-electron chi connectivity index (χ4n) is 2.70. The highest BCUT2D eigenvalue weighted by molar-refractivity contribution is 5.51. The van der Waals surface area contributed by atoms with Gasteiger partial charge in [-0.25, -0.2) is 0 Å². The average molecular weight is 260 g/mol. The highest BCUT2D eigenvalue weighted by atomic mass is 16.6. The predicted molar refractivity (Wildman–Crippen MR) is 70.9 cm³/mol. The van der Waals surface area contributed by atoms with Crippen molar-refractivity contribution in [1.29, 1.82) is 0 Å². The van der Waals surface area contributed by atoms with Crippen LogP contribution < -0.4 is 15.6 Å². The molecule has 19 heavy (non-hydrogen) atoms. The van der Waals surface area contributed by atoms with Gasteiger partial charge in [-0.05, 0) is 24.8 Å². The van der Waals surface area contributed by atoms with Crippen LogP contribution in [0.4, 0.5) is 11.4 Å². The minimum absolute atomic E-state index is 0.0605. The van der Waals surface area contributed by atoms with Gasteiger partial charge in [0.2, 0.25) is 0 Å². The molecule has 0 spiro atoms. The van der Waals surface area contributed by atoms with E-state index in [1.165, 1.54) is 0 Å². The molecule has 0 aliphatic carbocycles. The van der Waals surface area contributed by atoms with Crippen LogP contribution in [0.15, 0.2) is 22.1 Å². The number of fused-ring (bicyclic) bond motifs is 1. The monoisotopic (exact) mass is 260 g/mol. The van der Waals surface area contributed by atoms with Crippen molar-refractivity contribution in [2.75, 3.05) is 24.7 Å². The van der Waals surface area contributed by atoms with E-state index in [1.807, 2.05) is 6.07 Å². The molecule has 3 rings (SSSR count). The zero-order valence-electron chi connectivity index (χ0n) is 10.9. The number of benzene rings is 1. The molecule has 0 atom stereocenters. The lowest BCUT2D eigenvalue weighted by molar-refractivity contribution is -0.386. The van der Waals surface area contributed by atoms with Crippen LogP contribution in [0.25, 0.3) is 0 Å².